The van der Waals surface area contributed by atoms with Crippen LogP contribution in [0.2, 0.25) is 0 Å². The smallest absolute Gasteiger partial charge is 0.236 e. The fourth-order valence-electron chi connectivity index (χ4n) is 1.93. The first-order valence-corrected chi connectivity index (χ1v) is 7.09. The highest BCUT2D eigenvalue weighted by Crippen LogP contribution is 2.11. The van der Waals surface area contributed by atoms with Crippen molar-refractivity contribution in [3.63, 3.8) is 0 Å². The van der Waals surface area contributed by atoms with Crippen molar-refractivity contribution >= 4 is 5.91 Å². The predicted molar refractivity (Wildman–Crippen MR) is 79.9 cm³/mol. The third kappa shape index (κ3) is 5.88. The second kappa shape index (κ2) is 7.95. The number of carbonyl (C=O) groups is 1. The molecule has 106 valence electrons. The summed E-state index contributed by atoms with van der Waals surface area (Å²) in [7, 11) is 0. The van der Waals surface area contributed by atoms with E-state index < -0.39 is 0 Å². The van der Waals surface area contributed by atoms with Crippen LogP contribution in [0.4, 0.5) is 0 Å². The zero-order valence-electron chi connectivity index (χ0n) is 12.4. The maximum atomic E-state index is 11.9. The average Bonchev–Trinajstić information content (AvgIpc) is 2.39. The molecule has 0 saturated heterocycles. The van der Waals surface area contributed by atoms with Crippen molar-refractivity contribution in [2.75, 3.05) is 6.54 Å². The molecule has 19 heavy (non-hydrogen) atoms. The lowest BCUT2D eigenvalue weighted by molar-refractivity contribution is -0.122. The molecule has 0 aliphatic heterocycles. The molecular formula is C16H26N2O. The molecule has 0 heterocycles. The van der Waals surface area contributed by atoms with Crippen LogP contribution in [0, 0.1) is 5.92 Å². The van der Waals surface area contributed by atoms with Gasteiger partial charge in [-0.15, -0.1) is 0 Å². The molecule has 0 saturated carbocycles. The number of hydrogen-bond acceptors (Lipinski definition) is 2. The summed E-state index contributed by atoms with van der Waals surface area (Å²) in [6.45, 7) is 9.05. The van der Waals surface area contributed by atoms with Crippen molar-refractivity contribution in [3.8, 4) is 0 Å². The van der Waals surface area contributed by atoms with Gasteiger partial charge in [0.25, 0.3) is 0 Å². The molecule has 0 aliphatic carbocycles. The number of hydrogen-bond donors (Lipinski definition) is 2. The van der Waals surface area contributed by atoms with Crippen LogP contribution in [-0.2, 0) is 4.79 Å². The third-order valence-electron chi connectivity index (χ3n) is 3.21. The van der Waals surface area contributed by atoms with Gasteiger partial charge in [-0.2, -0.15) is 0 Å². The SMILES string of the molecule is CC(C)CCNC(=O)C(C)N[C@@H](C)c1ccccc1. The van der Waals surface area contributed by atoms with Gasteiger partial charge in [0.05, 0.1) is 6.04 Å². The van der Waals surface area contributed by atoms with Gasteiger partial charge in [0.1, 0.15) is 0 Å². The fourth-order valence-corrected chi connectivity index (χ4v) is 1.93. The number of carbonyl (C=O) groups excluding carboxylic acids is 1. The molecule has 2 N–H and O–H groups in total. The minimum atomic E-state index is -0.178. The number of amides is 1. The van der Waals surface area contributed by atoms with E-state index in [1.807, 2.05) is 25.1 Å². The van der Waals surface area contributed by atoms with Gasteiger partial charge in [0.2, 0.25) is 5.91 Å². The molecule has 1 amide bonds. The number of rotatable bonds is 7. The average molecular weight is 262 g/mol. The Hall–Kier alpha value is -1.35. The zero-order valence-corrected chi connectivity index (χ0v) is 12.4. The van der Waals surface area contributed by atoms with Crippen LogP contribution in [0.3, 0.4) is 0 Å². The van der Waals surface area contributed by atoms with E-state index in [2.05, 4.69) is 43.5 Å². The Morgan fingerprint density at radius 2 is 1.74 bits per heavy atom. The summed E-state index contributed by atoms with van der Waals surface area (Å²) in [4.78, 5) is 11.9. The van der Waals surface area contributed by atoms with Gasteiger partial charge in [0.15, 0.2) is 0 Å². The second-order valence-corrected chi connectivity index (χ2v) is 5.49. The molecule has 0 radical (unpaired) electrons. The molecule has 3 heteroatoms. The third-order valence-corrected chi connectivity index (χ3v) is 3.21. The van der Waals surface area contributed by atoms with E-state index >= 15 is 0 Å². The maximum absolute atomic E-state index is 11.9. The summed E-state index contributed by atoms with van der Waals surface area (Å²) in [5.74, 6) is 0.690. The van der Waals surface area contributed by atoms with Crippen LogP contribution in [0.1, 0.15) is 45.7 Å². The summed E-state index contributed by atoms with van der Waals surface area (Å²) in [5.41, 5.74) is 1.20. The highest BCUT2D eigenvalue weighted by Gasteiger charge is 2.15. The van der Waals surface area contributed by atoms with Crippen molar-refractivity contribution in [2.24, 2.45) is 5.92 Å². The molecule has 3 nitrogen and oxygen atoms in total. The van der Waals surface area contributed by atoms with E-state index in [4.69, 9.17) is 0 Å². The summed E-state index contributed by atoms with van der Waals surface area (Å²) in [6, 6.07) is 10.2. The van der Waals surface area contributed by atoms with Crippen LogP contribution in [0.5, 0.6) is 0 Å². The van der Waals surface area contributed by atoms with E-state index in [9.17, 15) is 4.79 Å². The van der Waals surface area contributed by atoms with E-state index in [0.29, 0.717) is 5.92 Å². The molecule has 2 atom stereocenters. The van der Waals surface area contributed by atoms with Crippen LogP contribution >= 0.6 is 0 Å². The van der Waals surface area contributed by atoms with Crippen molar-refractivity contribution < 1.29 is 4.79 Å². The van der Waals surface area contributed by atoms with E-state index in [0.717, 1.165) is 13.0 Å². The maximum Gasteiger partial charge on any atom is 0.236 e. The highest BCUT2D eigenvalue weighted by molar-refractivity contribution is 5.81. The van der Waals surface area contributed by atoms with Crippen LogP contribution in [-0.4, -0.2) is 18.5 Å². The van der Waals surface area contributed by atoms with Gasteiger partial charge >= 0.3 is 0 Å². The minimum absolute atomic E-state index is 0.0726. The zero-order chi connectivity index (χ0) is 14.3. The Morgan fingerprint density at radius 3 is 2.32 bits per heavy atom. The first kappa shape index (κ1) is 15.7. The summed E-state index contributed by atoms with van der Waals surface area (Å²) in [6.07, 6.45) is 1.02. The molecule has 0 aromatic heterocycles. The Bertz CT molecular complexity index is 376. The van der Waals surface area contributed by atoms with Gasteiger partial charge in [-0.3, -0.25) is 10.1 Å². The molecular weight excluding hydrogens is 236 g/mol. The molecule has 1 aromatic rings. The molecule has 1 aromatic carbocycles. The Kier molecular flexibility index (Phi) is 6.57. The molecule has 0 spiro atoms. The standard InChI is InChI=1S/C16H26N2O/c1-12(2)10-11-17-16(19)14(4)18-13(3)15-8-6-5-7-9-15/h5-9,12-14,18H,10-11H2,1-4H3,(H,17,19)/t13-,14?/m0/s1. The molecule has 1 rings (SSSR count). The number of nitrogens with one attached hydrogen (secondary N) is 2. The summed E-state index contributed by atoms with van der Waals surface area (Å²) in [5, 5.41) is 6.29. The van der Waals surface area contributed by atoms with Gasteiger partial charge in [-0.05, 0) is 31.7 Å². The lowest BCUT2D eigenvalue weighted by Gasteiger charge is -2.20. The van der Waals surface area contributed by atoms with Crippen LogP contribution in [0.25, 0.3) is 0 Å². The first-order valence-electron chi connectivity index (χ1n) is 7.09. The highest BCUT2D eigenvalue weighted by atomic mass is 16.2. The molecule has 0 aliphatic rings. The first-order chi connectivity index (χ1) is 9.00. The van der Waals surface area contributed by atoms with Gasteiger partial charge < -0.3 is 5.32 Å². The summed E-state index contributed by atoms with van der Waals surface area (Å²) >= 11 is 0. The lowest BCUT2D eigenvalue weighted by atomic mass is 10.1. The van der Waals surface area contributed by atoms with E-state index in [-0.39, 0.29) is 18.0 Å². The molecule has 0 bridgehead atoms. The largest absolute Gasteiger partial charge is 0.355 e. The van der Waals surface area contributed by atoms with Crippen LogP contribution in [0.15, 0.2) is 30.3 Å². The predicted octanol–water partition coefficient (Wildman–Crippen LogP) is 2.89. The van der Waals surface area contributed by atoms with Gasteiger partial charge in [0, 0.05) is 12.6 Å². The Labute approximate surface area is 116 Å². The lowest BCUT2D eigenvalue weighted by Crippen LogP contribution is -2.43. The van der Waals surface area contributed by atoms with E-state index in [1.54, 1.807) is 0 Å². The quantitative estimate of drug-likeness (QED) is 0.793. The van der Waals surface area contributed by atoms with Gasteiger partial charge in [-0.25, -0.2) is 0 Å². The minimum Gasteiger partial charge on any atom is -0.355 e. The van der Waals surface area contributed by atoms with E-state index in [1.165, 1.54) is 5.56 Å². The number of benzene rings is 1. The topological polar surface area (TPSA) is 41.1 Å². The van der Waals surface area contributed by atoms with Crippen molar-refractivity contribution in [3.05, 3.63) is 35.9 Å². The summed E-state index contributed by atoms with van der Waals surface area (Å²) < 4.78 is 0. The monoisotopic (exact) mass is 262 g/mol. The Morgan fingerprint density at radius 1 is 1.11 bits per heavy atom. The fraction of sp³-hybridized carbons (Fsp3) is 0.562. The molecule has 1 unspecified atom stereocenters. The second-order valence-electron chi connectivity index (χ2n) is 5.49. The molecule has 0 fully saturated rings. The Balaban J connectivity index is 2.37. The normalized spacial score (nSPS) is 14.2. The van der Waals surface area contributed by atoms with Crippen LogP contribution < -0.4 is 10.6 Å². The van der Waals surface area contributed by atoms with Crippen molar-refractivity contribution in [1.29, 1.82) is 0 Å². The van der Waals surface area contributed by atoms with Crippen molar-refractivity contribution in [2.45, 2.75) is 46.2 Å². The van der Waals surface area contributed by atoms with Crippen molar-refractivity contribution in [1.82, 2.24) is 10.6 Å². The van der Waals surface area contributed by atoms with Gasteiger partial charge in [-0.1, -0.05) is 44.2 Å².